The normalized spacial score (nSPS) is 15.5. The van der Waals surface area contributed by atoms with Gasteiger partial charge in [-0.1, -0.05) is 41.7 Å². The Balaban J connectivity index is 1.38. The molecule has 1 aliphatic heterocycles. The van der Waals surface area contributed by atoms with Crippen LogP contribution < -0.4 is 15.4 Å². The monoisotopic (exact) mass is 437 g/mol. The fourth-order valence-corrected chi connectivity index (χ4v) is 4.19. The highest BCUT2D eigenvalue weighted by molar-refractivity contribution is 7.18. The quantitative estimate of drug-likeness (QED) is 0.601. The van der Waals surface area contributed by atoms with Crippen molar-refractivity contribution in [3.63, 3.8) is 0 Å². The minimum absolute atomic E-state index is 0.255. The van der Waals surface area contributed by atoms with Gasteiger partial charge in [0.05, 0.1) is 6.61 Å². The molecule has 1 fully saturated rings. The summed E-state index contributed by atoms with van der Waals surface area (Å²) < 4.78 is 5.41. The molecule has 8 nitrogen and oxygen atoms in total. The predicted octanol–water partition coefficient (Wildman–Crippen LogP) is 4.24. The van der Waals surface area contributed by atoms with Gasteiger partial charge in [0, 0.05) is 17.8 Å². The number of hydrogen-bond acceptors (Lipinski definition) is 6. The molecular weight excluding hydrogens is 414 g/mol. The predicted molar refractivity (Wildman–Crippen MR) is 120 cm³/mol. The number of carbonyl (C=O) groups is 2. The molecule has 1 atom stereocenters. The lowest BCUT2D eigenvalue weighted by molar-refractivity contribution is -0.119. The Morgan fingerprint density at radius 2 is 1.87 bits per heavy atom. The maximum Gasteiger partial charge on any atom is 0.322 e. The number of nitrogens with one attached hydrogen (secondary N) is 2. The van der Waals surface area contributed by atoms with E-state index in [1.807, 2.05) is 37.3 Å². The van der Waals surface area contributed by atoms with E-state index < -0.39 is 6.04 Å². The second-order valence-corrected chi connectivity index (χ2v) is 7.98. The van der Waals surface area contributed by atoms with Crippen molar-refractivity contribution in [1.29, 1.82) is 0 Å². The van der Waals surface area contributed by atoms with Crippen molar-refractivity contribution in [2.24, 2.45) is 0 Å². The van der Waals surface area contributed by atoms with Gasteiger partial charge in [-0.3, -0.25) is 10.1 Å². The summed E-state index contributed by atoms with van der Waals surface area (Å²) in [5, 5.41) is 15.0. The van der Waals surface area contributed by atoms with Crippen LogP contribution in [0.2, 0.25) is 0 Å². The Labute approximate surface area is 184 Å². The molecule has 1 unspecified atom stereocenters. The van der Waals surface area contributed by atoms with Gasteiger partial charge in [0.25, 0.3) is 0 Å². The highest BCUT2D eigenvalue weighted by Crippen LogP contribution is 2.27. The third kappa shape index (κ3) is 5.00. The van der Waals surface area contributed by atoms with E-state index in [-0.39, 0.29) is 11.9 Å². The molecule has 31 heavy (non-hydrogen) atoms. The van der Waals surface area contributed by atoms with E-state index in [1.54, 1.807) is 29.2 Å². The number of aromatic nitrogens is 2. The highest BCUT2D eigenvalue weighted by Gasteiger charge is 2.34. The number of carbonyl (C=O) groups excluding carboxylic acids is 2. The molecule has 0 spiro atoms. The molecule has 1 aliphatic rings. The smallest absolute Gasteiger partial charge is 0.322 e. The third-order valence-electron chi connectivity index (χ3n) is 4.91. The average molecular weight is 438 g/mol. The van der Waals surface area contributed by atoms with Crippen molar-refractivity contribution < 1.29 is 14.3 Å². The van der Waals surface area contributed by atoms with E-state index in [2.05, 4.69) is 20.8 Å². The van der Waals surface area contributed by atoms with E-state index in [0.29, 0.717) is 30.4 Å². The van der Waals surface area contributed by atoms with Crippen LogP contribution in [0.1, 0.15) is 19.8 Å². The van der Waals surface area contributed by atoms with Crippen LogP contribution in [0, 0.1) is 0 Å². The second-order valence-electron chi connectivity index (χ2n) is 7.01. The van der Waals surface area contributed by atoms with Crippen molar-refractivity contribution in [2.45, 2.75) is 25.8 Å². The molecule has 2 N–H and O–H groups in total. The average Bonchev–Trinajstić information content (AvgIpc) is 3.46. The van der Waals surface area contributed by atoms with Crippen LogP contribution in [-0.4, -0.2) is 46.2 Å². The number of rotatable bonds is 6. The Kier molecular flexibility index (Phi) is 6.42. The molecule has 0 aliphatic carbocycles. The standard InChI is InChI=1S/C22H23N5O3S/c1-2-30-17-12-10-16(11-13-17)23-22(29)27-14-6-9-18(27)19(28)24-21-26-25-20(31-21)15-7-4-3-5-8-15/h3-5,7-8,10-13,18H,2,6,9,14H2,1H3,(H,23,29)(H,24,26,28). The lowest BCUT2D eigenvalue weighted by atomic mass is 10.2. The largest absolute Gasteiger partial charge is 0.494 e. The highest BCUT2D eigenvalue weighted by atomic mass is 32.1. The van der Waals surface area contributed by atoms with Crippen LogP contribution in [0.4, 0.5) is 15.6 Å². The van der Waals surface area contributed by atoms with Crippen LogP contribution in [0.3, 0.4) is 0 Å². The van der Waals surface area contributed by atoms with E-state index in [9.17, 15) is 9.59 Å². The maximum absolute atomic E-state index is 12.8. The van der Waals surface area contributed by atoms with Gasteiger partial charge in [0.1, 0.15) is 16.8 Å². The van der Waals surface area contributed by atoms with Gasteiger partial charge in [0.2, 0.25) is 11.0 Å². The van der Waals surface area contributed by atoms with Crippen molar-refractivity contribution in [3.8, 4) is 16.3 Å². The summed E-state index contributed by atoms with van der Waals surface area (Å²) in [5.41, 5.74) is 1.59. The van der Waals surface area contributed by atoms with Crippen LogP contribution in [0.5, 0.6) is 5.75 Å². The first-order chi connectivity index (χ1) is 15.1. The molecule has 4 rings (SSSR count). The maximum atomic E-state index is 12.8. The summed E-state index contributed by atoms with van der Waals surface area (Å²) in [4.78, 5) is 27.2. The van der Waals surface area contributed by atoms with Gasteiger partial charge >= 0.3 is 6.03 Å². The molecule has 3 amide bonds. The summed E-state index contributed by atoms with van der Waals surface area (Å²) in [5.74, 6) is 0.487. The van der Waals surface area contributed by atoms with Gasteiger partial charge in [0.15, 0.2) is 0 Å². The molecule has 2 heterocycles. The van der Waals surface area contributed by atoms with Gasteiger partial charge < -0.3 is 15.0 Å². The van der Waals surface area contributed by atoms with Crippen molar-refractivity contribution in [1.82, 2.24) is 15.1 Å². The Hall–Kier alpha value is -3.46. The number of urea groups is 1. The number of benzene rings is 2. The lowest BCUT2D eigenvalue weighted by Gasteiger charge is -2.23. The second kappa shape index (κ2) is 9.57. The number of nitrogens with zero attached hydrogens (tertiary/aromatic N) is 3. The third-order valence-corrected chi connectivity index (χ3v) is 5.80. The fourth-order valence-electron chi connectivity index (χ4n) is 3.44. The Bertz CT molecular complexity index is 1040. The minimum Gasteiger partial charge on any atom is -0.494 e. The molecule has 160 valence electrons. The molecule has 0 bridgehead atoms. The molecular formula is C22H23N5O3S. The first-order valence-corrected chi connectivity index (χ1v) is 11.0. The summed E-state index contributed by atoms with van der Waals surface area (Å²) in [6, 6.07) is 16.0. The van der Waals surface area contributed by atoms with Gasteiger partial charge in [-0.05, 0) is 44.0 Å². The molecule has 3 aromatic rings. The number of ether oxygens (including phenoxy) is 1. The van der Waals surface area contributed by atoms with Gasteiger partial charge in [-0.25, -0.2) is 4.79 Å². The van der Waals surface area contributed by atoms with Gasteiger partial charge in [-0.2, -0.15) is 0 Å². The zero-order valence-electron chi connectivity index (χ0n) is 17.1. The molecule has 0 saturated carbocycles. The molecule has 0 radical (unpaired) electrons. The van der Waals surface area contributed by atoms with Crippen molar-refractivity contribution in [2.75, 3.05) is 23.8 Å². The number of anilines is 2. The number of hydrogen-bond donors (Lipinski definition) is 2. The molecule has 1 saturated heterocycles. The SMILES string of the molecule is CCOc1ccc(NC(=O)N2CCCC2C(=O)Nc2nnc(-c3ccccc3)s2)cc1. The number of likely N-dealkylation sites (tertiary alicyclic amines) is 1. The zero-order chi connectivity index (χ0) is 21.6. The topological polar surface area (TPSA) is 96.5 Å². The van der Waals surface area contributed by atoms with Crippen molar-refractivity contribution >= 4 is 34.1 Å². The summed E-state index contributed by atoms with van der Waals surface area (Å²) in [6.07, 6.45) is 1.37. The van der Waals surface area contributed by atoms with Gasteiger partial charge in [-0.15, -0.1) is 10.2 Å². The summed E-state index contributed by atoms with van der Waals surface area (Å²) in [6.45, 7) is 3.02. The fraction of sp³-hybridized carbons (Fsp3) is 0.273. The van der Waals surface area contributed by atoms with Crippen LogP contribution in [-0.2, 0) is 4.79 Å². The lowest BCUT2D eigenvalue weighted by Crippen LogP contribution is -2.45. The molecule has 9 heteroatoms. The Morgan fingerprint density at radius 3 is 2.61 bits per heavy atom. The van der Waals surface area contributed by atoms with E-state index in [4.69, 9.17) is 4.74 Å². The van der Waals surface area contributed by atoms with E-state index in [0.717, 1.165) is 22.7 Å². The molecule has 1 aromatic heterocycles. The Morgan fingerprint density at radius 1 is 1.10 bits per heavy atom. The van der Waals surface area contributed by atoms with Crippen molar-refractivity contribution in [3.05, 3.63) is 54.6 Å². The zero-order valence-corrected chi connectivity index (χ0v) is 17.9. The van der Waals surface area contributed by atoms with Crippen LogP contribution >= 0.6 is 11.3 Å². The van der Waals surface area contributed by atoms with Crippen LogP contribution in [0.15, 0.2) is 54.6 Å². The number of amides is 3. The first-order valence-electron chi connectivity index (χ1n) is 10.1. The summed E-state index contributed by atoms with van der Waals surface area (Å²) in [7, 11) is 0. The van der Waals surface area contributed by atoms with E-state index >= 15 is 0 Å². The van der Waals surface area contributed by atoms with E-state index in [1.165, 1.54) is 11.3 Å². The molecule has 2 aromatic carbocycles. The first kappa shape index (κ1) is 20.8. The summed E-state index contributed by atoms with van der Waals surface area (Å²) >= 11 is 1.31. The minimum atomic E-state index is -0.549. The van der Waals surface area contributed by atoms with Crippen LogP contribution in [0.25, 0.3) is 10.6 Å².